The van der Waals surface area contributed by atoms with Crippen molar-refractivity contribution in [3.8, 4) is 0 Å². The van der Waals surface area contributed by atoms with Gasteiger partial charge in [-0.05, 0) is 17.2 Å². The summed E-state index contributed by atoms with van der Waals surface area (Å²) in [6.45, 7) is 3.38. The molecule has 0 radical (unpaired) electrons. The number of hydrogen-bond acceptors (Lipinski definition) is 3. The van der Waals surface area contributed by atoms with Gasteiger partial charge >= 0.3 is 0 Å². The number of anilines is 1. The van der Waals surface area contributed by atoms with Gasteiger partial charge < -0.3 is 15.3 Å². The first-order chi connectivity index (χ1) is 9.84. The Kier molecular flexibility index (Phi) is 4.00. The maximum Gasteiger partial charge on any atom is 0.0964 e. The van der Waals surface area contributed by atoms with Crippen LogP contribution in [0, 0.1) is 0 Å². The van der Waals surface area contributed by atoms with Gasteiger partial charge in [0.1, 0.15) is 0 Å². The third-order valence-corrected chi connectivity index (χ3v) is 3.78. The SMILES string of the molecule is OC(CN1CCNCc2ccccc21)c1ccccc1. The van der Waals surface area contributed by atoms with E-state index in [-0.39, 0.29) is 0 Å². The quantitative estimate of drug-likeness (QED) is 0.897. The highest BCUT2D eigenvalue weighted by atomic mass is 16.3. The van der Waals surface area contributed by atoms with Gasteiger partial charge in [-0.1, -0.05) is 48.5 Å². The molecule has 1 aliphatic rings. The van der Waals surface area contributed by atoms with E-state index in [0.29, 0.717) is 6.54 Å². The maximum atomic E-state index is 10.4. The number of rotatable bonds is 3. The number of benzene rings is 2. The van der Waals surface area contributed by atoms with Gasteiger partial charge in [-0.25, -0.2) is 0 Å². The van der Waals surface area contributed by atoms with Crippen molar-refractivity contribution < 1.29 is 5.11 Å². The Balaban J connectivity index is 1.80. The number of nitrogens with zero attached hydrogens (tertiary/aromatic N) is 1. The summed E-state index contributed by atoms with van der Waals surface area (Å²) in [6, 6.07) is 18.3. The third kappa shape index (κ3) is 2.84. The van der Waals surface area contributed by atoms with Crippen LogP contribution in [0.15, 0.2) is 54.6 Å². The molecule has 2 N–H and O–H groups in total. The number of β-amino-alcohol motifs (C(OH)–C–C–N with tert-alkyl or cyclic N) is 1. The average Bonchev–Trinajstić information content (AvgIpc) is 2.71. The van der Waals surface area contributed by atoms with Gasteiger partial charge in [-0.3, -0.25) is 0 Å². The first-order valence-electron chi connectivity index (χ1n) is 7.11. The topological polar surface area (TPSA) is 35.5 Å². The standard InChI is InChI=1S/C17H20N2O/c20-17(14-6-2-1-3-7-14)13-19-11-10-18-12-15-8-4-5-9-16(15)19/h1-9,17-18,20H,10-13H2. The van der Waals surface area contributed by atoms with E-state index in [2.05, 4.69) is 34.5 Å². The molecule has 3 nitrogen and oxygen atoms in total. The fourth-order valence-corrected chi connectivity index (χ4v) is 2.71. The third-order valence-electron chi connectivity index (χ3n) is 3.78. The van der Waals surface area contributed by atoms with Gasteiger partial charge in [0, 0.05) is 31.9 Å². The van der Waals surface area contributed by atoms with Crippen LogP contribution in [0.5, 0.6) is 0 Å². The molecule has 2 aromatic carbocycles. The van der Waals surface area contributed by atoms with Crippen molar-refractivity contribution in [1.29, 1.82) is 0 Å². The number of nitrogens with one attached hydrogen (secondary N) is 1. The normalized spacial score (nSPS) is 16.4. The summed E-state index contributed by atoms with van der Waals surface area (Å²) in [5.41, 5.74) is 3.50. The van der Waals surface area contributed by atoms with Gasteiger partial charge in [0.15, 0.2) is 0 Å². The molecule has 3 rings (SSSR count). The van der Waals surface area contributed by atoms with Gasteiger partial charge in [0.25, 0.3) is 0 Å². The average molecular weight is 268 g/mol. The molecule has 0 fully saturated rings. The second-order valence-corrected chi connectivity index (χ2v) is 5.18. The zero-order chi connectivity index (χ0) is 13.8. The van der Waals surface area contributed by atoms with Crippen LogP contribution in [0.2, 0.25) is 0 Å². The van der Waals surface area contributed by atoms with Crippen molar-refractivity contribution in [2.75, 3.05) is 24.5 Å². The first-order valence-corrected chi connectivity index (χ1v) is 7.11. The largest absolute Gasteiger partial charge is 0.387 e. The number of para-hydroxylation sites is 1. The lowest BCUT2D eigenvalue weighted by Crippen LogP contribution is -2.32. The van der Waals surface area contributed by atoms with Gasteiger partial charge in [0.05, 0.1) is 6.10 Å². The highest BCUT2D eigenvalue weighted by Crippen LogP contribution is 2.24. The van der Waals surface area contributed by atoms with Crippen molar-refractivity contribution in [2.24, 2.45) is 0 Å². The van der Waals surface area contributed by atoms with Crippen LogP contribution in [0.25, 0.3) is 0 Å². The molecule has 0 saturated carbocycles. The first kappa shape index (κ1) is 13.2. The summed E-state index contributed by atoms with van der Waals surface area (Å²) in [6.07, 6.45) is -0.456. The Morgan fingerprint density at radius 1 is 1.05 bits per heavy atom. The summed E-state index contributed by atoms with van der Waals surface area (Å²) < 4.78 is 0. The highest BCUT2D eigenvalue weighted by molar-refractivity contribution is 5.54. The van der Waals surface area contributed by atoms with Gasteiger partial charge in [0.2, 0.25) is 0 Å². The van der Waals surface area contributed by atoms with E-state index in [0.717, 1.165) is 25.2 Å². The second kappa shape index (κ2) is 6.07. The van der Waals surface area contributed by atoms with Crippen LogP contribution in [0.4, 0.5) is 5.69 Å². The minimum Gasteiger partial charge on any atom is -0.387 e. The lowest BCUT2D eigenvalue weighted by atomic mass is 10.1. The Morgan fingerprint density at radius 2 is 1.80 bits per heavy atom. The number of aliphatic hydroxyl groups is 1. The monoisotopic (exact) mass is 268 g/mol. The summed E-state index contributed by atoms with van der Waals surface area (Å²) >= 11 is 0. The van der Waals surface area contributed by atoms with Crippen molar-refractivity contribution in [3.63, 3.8) is 0 Å². The molecule has 104 valence electrons. The molecular formula is C17H20N2O. The molecule has 3 heteroatoms. The lowest BCUT2D eigenvalue weighted by molar-refractivity contribution is 0.183. The Labute approximate surface area is 119 Å². The molecule has 0 amide bonds. The van der Waals surface area contributed by atoms with Crippen molar-refractivity contribution >= 4 is 5.69 Å². The molecule has 0 aliphatic carbocycles. The predicted octanol–water partition coefficient (Wildman–Crippen LogP) is 2.33. The minimum atomic E-state index is -0.456. The minimum absolute atomic E-state index is 0.456. The van der Waals surface area contributed by atoms with Crippen LogP contribution in [0.3, 0.4) is 0 Å². The Morgan fingerprint density at radius 3 is 2.65 bits per heavy atom. The molecule has 0 aromatic heterocycles. The van der Waals surface area contributed by atoms with Crippen molar-refractivity contribution in [2.45, 2.75) is 12.6 Å². The fourth-order valence-electron chi connectivity index (χ4n) is 2.71. The summed E-state index contributed by atoms with van der Waals surface area (Å²) in [5.74, 6) is 0. The second-order valence-electron chi connectivity index (χ2n) is 5.18. The Hall–Kier alpha value is -1.84. The molecule has 1 unspecified atom stereocenters. The van der Waals surface area contributed by atoms with E-state index in [9.17, 15) is 5.11 Å². The van der Waals surface area contributed by atoms with E-state index in [1.165, 1.54) is 11.3 Å². The smallest absolute Gasteiger partial charge is 0.0964 e. The number of aliphatic hydroxyl groups excluding tert-OH is 1. The molecule has 1 aliphatic heterocycles. The molecule has 0 bridgehead atoms. The lowest BCUT2D eigenvalue weighted by Gasteiger charge is -2.27. The van der Waals surface area contributed by atoms with Gasteiger partial charge in [-0.2, -0.15) is 0 Å². The molecule has 0 saturated heterocycles. The van der Waals surface area contributed by atoms with E-state index in [4.69, 9.17) is 0 Å². The number of fused-ring (bicyclic) bond motifs is 1. The van der Waals surface area contributed by atoms with E-state index in [1.807, 2.05) is 30.3 Å². The van der Waals surface area contributed by atoms with Crippen LogP contribution in [0.1, 0.15) is 17.2 Å². The predicted molar refractivity (Wildman–Crippen MR) is 81.8 cm³/mol. The summed E-state index contributed by atoms with van der Waals surface area (Å²) in [7, 11) is 0. The van der Waals surface area contributed by atoms with E-state index >= 15 is 0 Å². The summed E-state index contributed by atoms with van der Waals surface area (Å²) in [4.78, 5) is 2.27. The van der Waals surface area contributed by atoms with Crippen molar-refractivity contribution in [1.82, 2.24) is 5.32 Å². The van der Waals surface area contributed by atoms with E-state index < -0.39 is 6.10 Å². The number of hydrogen-bond donors (Lipinski definition) is 2. The maximum absolute atomic E-state index is 10.4. The Bertz CT molecular complexity index is 556. The van der Waals surface area contributed by atoms with Gasteiger partial charge in [-0.15, -0.1) is 0 Å². The van der Waals surface area contributed by atoms with Crippen LogP contribution in [-0.4, -0.2) is 24.7 Å². The summed E-state index contributed by atoms with van der Waals surface area (Å²) in [5, 5.41) is 13.9. The van der Waals surface area contributed by atoms with Crippen LogP contribution in [-0.2, 0) is 6.54 Å². The zero-order valence-electron chi connectivity index (χ0n) is 11.5. The molecular weight excluding hydrogens is 248 g/mol. The van der Waals surface area contributed by atoms with E-state index in [1.54, 1.807) is 0 Å². The molecule has 1 atom stereocenters. The fraction of sp³-hybridized carbons (Fsp3) is 0.294. The molecule has 0 spiro atoms. The molecule has 20 heavy (non-hydrogen) atoms. The van der Waals surface area contributed by atoms with Crippen molar-refractivity contribution in [3.05, 3.63) is 65.7 Å². The van der Waals surface area contributed by atoms with Crippen LogP contribution < -0.4 is 10.2 Å². The van der Waals surface area contributed by atoms with Crippen LogP contribution >= 0.6 is 0 Å². The highest BCUT2D eigenvalue weighted by Gasteiger charge is 2.18. The zero-order valence-corrected chi connectivity index (χ0v) is 11.5. The molecule has 1 heterocycles. The molecule has 2 aromatic rings.